The highest BCUT2D eigenvalue weighted by Crippen LogP contribution is 2.73. The molecule has 4 aliphatic rings. The molecule has 0 aromatic rings. The summed E-state index contributed by atoms with van der Waals surface area (Å²) in [6.07, 6.45) is 4.93. The smallest absolute Gasteiger partial charge is 0.407 e. The van der Waals surface area contributed by atoms with Crippen molar-refractivity contribution < 1.29 is 34.4 Å². The van der Waals surface area contributed by atoms with E-state index in [-0.39, 0.29) is 71.5 Å². The fraction of sp³-hybridized carbons (Fsp3) is 0.897. The summed E-state index contributed by atoms with van der Waals surface area (Å²) in [5.41, 5.74) is -0.695. The second-order valence-electron chi connectivity index (χ2n) is 13.5. The minimum Gasteiger partial charge on any atom is -0.480 e. The molecule has 9 nitrogen and oxygen atoms in total. The van der Waals surface area contributed by atoms with Gasteiger partial charge < -0.3 is 30.7 Å². The van der Waals surface area contributed by atoms with E-state index in [4.69, 9.17) is 9.84 Å². The molecule has 0 bridgehead atoms. The molecule has 0 radical (unpaired) electrons. The SMILES string of the molecule is CNC(=O)O[C@@H]1C[C@@H]2C[C@H](O)CC[C@]2(C)[C@H]2C[C@H](O)[C@]3(C)[C@@H]([C@H](C)CCC(=O)NCC(=O)O)CC[C@@]3(C)[C@H]12. The number of carboxylic acids is 1. The van der Waals surface area contributed by atoms with E-state index >= 15 is 0 Å². The van der Waals surface area contributed by atoms with E-state index in [0.717, 1.165) is 32.1 Å². The number of aliphatic carboxylic acids is 1. The zero-order valence-electron chi connectivity index (χ0n) is 23.7. The molecule has 4 saturated carbocycles. The second-order valence-corrected chi connectivity index (χ2v) is 13.5. The molecule has 216 valence electrons. The number of aliphatic hydroxyl groups is 2. The van der Waals surface area contributed by atoms with Gasteiger partial charge in [-0.15, -0.1) is 0 Å². The molecule has 2 amide bonds. The number of hydrogen-bond donors (Lipinski definition) is 5. The van der Waals surface area contributed by atoms with Crippen LogP contribution in [0.1, 0.15) is 85.5 Å². The average molecular weight is 537 g/mol. The number of amides is 2. The number of fused-ring (bicyclic) bond motifs is 5. The molecule has 9 heteroatoms. The molecule has 0 spiro atoms. The lowest BCUT2D eigenvalue weighted by Crippen LogP contribution is -2.66. The molecule has 4 aliphatic carbocycles. The van der Waals surface area contributed by atoms with Crippen LogP contribution >= 0.6 is 0 Å². The highest BCUT2D eigenvalue weighted by atomic mass is 16.6. The Morgan fingerprint density at radius 3 is 2.42 bits per heavy atom. The first kappa shape index (κ1) is 29.1. The molecule has 0 heterocycles. The molecule has 0 aliphatic heterocycles. The summed E-state index contributed by atoms with van der Waals surface area (Å²) < 4.78 is 6.10. The lowest BCUT2D eigenvalue weighted by atomic mass is 9.39. The van der Waals surface area contributed by atoms with Crippen LogP contribution in [0.25, 0.3) is 0 Å². The van der Waals surface area contributed by atoms with Gasteiger partial charge in [0.2, 0.25) is 5.91 Å². The first-order valence-electron chi connectivity index (χ1n) is 14.5. The number of carboxylic acid groups (broad SMARTS) is 1. The number of hydrogen-bond acceptors (Lipinski definition) is 6. The van der Waals surface area contributed by atoms with Gasteiger partial charge in [-0.2, -0.15) is 0 Å². The van der Waals surface area contributed by atoms with Gasteiger partial charge in [0, 0.05) is 24.8 Å². The topological polar surface area (TPSA) is 145 Å². The summed E-state index contributed by atoms with van der Waals surface area (Å²) in [5, 5.41) is 36.3. The minimum absolute atomic E-state index is 0.0241. The van der Waals surface area contributed by atoms with Crippen LogP contribution in [-0.4, -0.2) is 65.2 Å². The van der Waals surface area contributed by atoms with Crippen LogP contribution in [0.2, 0.25) is 0 Å². The molecular formula is C29H48N2O7. The van der Waals surface area contributed by atoms with E-state index in [1.807, 2.05) is 0 Å². The lowest BCUT2D eigenvalue weighted by molar-refractivity contribution is -0.239. The number of carbonyl (C=O) groups excluding carboxylic acids is 2. The predicted octanol–water partition coefficient (Wildman–Crippen LogP) is 3.32. The van der Waals surface area contributed by atoms with Gasteiger partial charge in [-0.25, -0.2) is 4.79 Å². The van der Waals surface area contributed by atoms with Crippen LogP contribution in [0.3, 0.4) is 0 Å². The normalized spacial score (nSPS) is 44.7. The Morgan fingerprint density at radius 2 is 1.76 bits per heavy atom. The lowest BCUT2D eigenvalue weighted by Gasteiger charge is -2.67. The third-order valence-corrected chi connectivity index (χ3v) is 12.0. The average Bonchev–Trinajstić information content (AvgIpc) is 3.15. The van der Waals surface area contributed by atoms with Crippen LogP contribution in [0.4, 0.5) is 4.79 Å². The number of ether oxygens (including phenoxy) is 1. The van der Waals surface area contributed by atoms with Crippen molar-refractivity contribution in [2.75, 3.05) is 13.6 Å². The van der Waals surface area contributed by atoms with Gasteiger partial charge in [0.15, 0.2) is 0 Å². The zero-order chi connectivity index (χ0) is 28.0. The molecule has 0 aromatic heterocycles. The number of aliphatic hydroxyl groups excluding tert-OH is 2. The predicted molar refractivity (Wildman–Crippen MR) is 141 cm³/mol. The minimum atomic E-state index is -1.06. The Kier molecular flexibility index (Phi) is 8.12. The molecule has 4 fully saturated rings. The van der Waals surface area contributed by atoms with Crippen molar-refractivity contribution >= 4 is 18.0 Å². The van der Waals surface area contributed by atoms with Crippen LogP contribution < -0.4 is 10.6 Å². The monoisotopic (exact) mass is 536 g/mol. The third kappa shape index (κ3) is 4.72. The molecule has 4 rings (SSSR count). The van der Waals surface area contributed by atoms with Gasteiger partial charge in [0.05, 0.1) is 12.2 Å². The molecule has 11 atom stereocenters. The van der Waals surface area contributed by atoms with Crippen LogP contribution in [-0.2, 0) is 14.3 Å². The number of alkyl carbamates (subject to hydrolysis) is 1. The summed E-state index contributed by atoms with van der Waals surface area (Å²) in [6.45, 7) is 8.60. The Labute approximate surface area is 226 Å². The van der Waals surface area contributed by atoms with Gasteiger partial charge in [-0.1, -0.05) is 27.7 Å². The Bertz CT molecular complexity index is 929. The van der Waals surface area contributed by atoms with Crippen molar-refractivity contribution in [1.29, 1.82) is 0 Å². The highest BCUT2D eigenvalue weighted by Gasteiger charge is 2.71. The van der Waals surface area contributed by atoms with E-state index in [9.17, 15) is 24.6 Å². The van der Waals surface area contributed by atoms with Crippen molar-refractivity contribution in [3.63, 3.8) is 0 Å². The fourth-order valence-electron chi connectivity index (χ4n) is 9.72. The van der Waals surface area contributed by atoms with E-state index in [2.05, 4.69) is 38.3 Å². The van der Waals surface area contributed by atoms with Crippen molar-refractivity contribution in [1.82, 2.24) is 10.6 Å². The molecule has 0 unspecified atom stereocenters. The quantitative estimate of drug-likeness (QED) is 0.336. The van der Waals surface area contributed by atoms with Gasteiger partial charge >= 0.3 is 12.1 Å². The van der Waals surface area contributed by atoms with Crippen LogP contribution in [0.5, 0.6) is 0 Å². The summed E-state index contributed by atoms with van der Waals surface area (Å²) in [5.74, 6) is -0.446. The summed E-state index contributed by atoms with van der Waals surface area (Å²) in [4.78, 5) is 35.5. The largest absolute Gasteiger partial charge is 0.480 e. The van der Waals surface area contributed by atoms with E-state index in [0.29, 0.717) is 19.3 Å². The van der Waals surface area contributed by atoms with Crippen LogP contribution in [0.15, 0.2) is 0 Å². The van der Waals surface area contributed by atoms with Crippen molar-refractivity contribution in [2.24, 2.45) is 45.8 Å². The number of carbonyl (C=O) groups is 3. The van der Waals surface area contributed by atoms with Gasteiger partial charge in [0.25, 0.3) is 0 Å². The summed E-state index contributed by atoms with van der Waals surface area (Å²) >= 11 is 0. The molecule has 5 N–H and O–H groups in total. The molecule has 0 aromatic carbocycles. The van der Waals surface area contributed by atoms with E-state index in [1.165, 1.54) is 0 Å². The maximum absolute atomic E-state index is 12.5. The Hall–Kier alpha value is -1.87. The van der Waals surface area contributed by atoms with Gasteiger partial charge in [-0.05, 0) is 85.9 Å². The maximum Gasteiger partial charge on any atom is 0.407 e. The second kappa shape index (κ2) is 10.6. The zero-order valence-corrected chi connectivity index (χ0v) is 23.7. The molecule has 0 saturated heterocycles. The van der Waals surface area contributed by atoms with Crippen LogP contribution in [0, 0.1) is 45.8 Å². The molecular weight excluding hydrogens is 488 g/mol. The van der Waals surface area contributed by atoms with Crippen molar-refractivity contribution in [3.8, 4) is 0 Å². The number of rotatable bonds is 7. The van der Waals surface area contributed by atoms with E-state index in [1.54, 1.807) is 7.05 Å². The van der Waals surface area contributed by atoms with Crippen molar-refractivity contribution in [2.45, 2.75) is 104 Å². The third-order valence-electron chi connectivity index (χ3n) is 12.0. The summed E-state index contributed by atoms with van der Waals surface area (Å²) in [6, 6.07) is 0. The van der Waals surface area contributed by atoms with Gasteiger partial charge in [0.1, 0.15) is 12.6 Å². The summed E-state index contributed by atoms with van der Waals surface area (Å²) in [7, 11) is 1.58. The molecule has 38 heavy (non-hydrogen) atoms. The first-order chi connectivity index (χ1) is 17.8. The highest BCUT2D eigenvalue weighted by molar-refractivity contribution is 5.81. The van der Waals surface area contributed by atoms with Gasteiger partial charge in [-0.3, -0.25) is 9.59 Å². The fourth-order valence-corrected chi connectivity index (χ4v) is 9.72. The Morgan fingerprint density at radius 1 is 1.05 bits per heavy atom. The standard InChI is InChI=1S/C29H48N2O7/c1-16(6-7-23(34)31-15-24(35)36)19-9-11-28(3)25-20(14-22(33)29(19,28)4)27(2)10-8-18(32)12-17(27)13-21(25)38-26(37)30-5/h16-22,25,32-33H,6-15H2,1-5H3,(H,30,37)(H,31,34)(H,35,36)/t16-,17+,18-,19-,20+,21-,22+,25+,27+,28+,29+/m1/s1. The van der Waals surface area contributed by atoms with Crippen molar-refractivity contribution in [3.05, 3.63) is 0 Å². The first-order valence-corrected chi connectivity index (χ1v) is 14.5. The Balaban J connectivity index is 1.62. The van der Waals surface area contributed by atoms with E-state index < -0.39 is 23.6 Å². The number of nitrogens with one attached hydrogen (secondary N) is 2. The maximum atomic E-state index is 12.5.